The second kappa shape index (κ2) is 3.91. The SMILES string of the molecule is CC(C)c1cc(Br)cc(C2(N)CCC2)c1. The molecular formula is C13H18BrN. The third kappa shape index (κ3) is 2.11. The molecule has 0 unspecified atom stereocenters. The van der Waals surface area contributed by atoms with Crippen LogP contribution in [0.2, 0.25) is 0 Å². The Morgan fingerprint density at radius 3 is 2.40 bits per heavy atom. The Morgan fingerprint density at radius 1 is 1.27 bits per heavy atom. The summed E-state index contributed by atoms with van der Waals surface area (Å²) in [4.78, 5) is 0. The maximum atomic E-state index is 6.34. The molecule has 2 heteroatoms. The van der Waals surface area contributed by atoms with E-state index in [-0.39, 0.29) is 5.54 Å². The highest BCUT2D eigenvalue weighted by atomic mass is 79.9. The van der Waals surface area contributed by atoms with Gasteiger partial charge in [0, 0.05) is 10.0 Å². The molecule has 0 heterocycles. The predicted molar refractivity (Wildman–Crippen MR) is 67.9 cm³/mol. The van der Waals surface area contributed by atoms with Gasteiger partial charge in [-0.2, -0.15) is 0 Å². The highest BCUT2D eigenvalue weighted by molar-refractivity contribution is 9.10. The van der Waals surface area contributed by atoms with Crippen LogP contribution in [0.1, 0.15) is 50.2 Å². The molecule has 0 saturated heterocycles. The Bertz CT molecular complexity index is 367. The summed E-state index contributed by atoms with van der Waals surface area (Å²) in [5.74, 6) is 0.560. The third-order valence-electron chi connectivity index (χ3n) is 3.41. The van der Waals surface area contributed by atoms with Crippen molar-refractivity contribution in [2.75, 3.05) is 0 Å². The van der Waals surface area contributed by atoms with Crippen LogP contribution in [0.15, 0.2) is 22.7 Å². The van der Waals surface area contributed by atoms with Crippen molar-refractivity contribution in [2.45, 2.75) is 44.6 Å². The summed E-state index contributed by atoms with van der Waals surface area (Å²) in [6, 6.07) is 6.63. The van der Waals surface area contributed by atoms with E-state index in [0.717, 1.165) is 17.3 Å². The van der Waals surface area contributed by atoms with Crippen molar-refractivity contribution >= 4 is 15.9 Å². The first-order chi connectivity index (χ1) is 7.01. The van der Waals surface area contributed by atoms with Crippen molar-refractivity contribution < 1.29 is 0 Å². The van der Waals surface area contributed by atoms with Gasteiger partial charge in [0.2, 0.25) is 0 Å². The van der Waals surface area contributed by atoms with Crippen LogP contribution in [-0.4, -0.2) is 0 Å². The molecule has 1 aromatic carbocycles. The number of hydrogen-bond acceptors (Lipinski definition) is 1. The molecule has 82 valence electrons. The van der Waals surface area contributed by atoms with Gasteiger partial charge in [0.25, 0.3) is 0 Å². The first-order valence-electron chi connectivity index (χ1n) is 5.61. The topological polar surface area (TPSA) is 26.0 Å². The summed E-state index contributed by atoms with van der Waals surface area (Å²) in [5, 5.41) is 0. The molecule has 1 nitrogen and oxygen atoms in total. The summed E-state index contributed by atoms with van der Waals surface area (Å²) in [5.41, 5.74) is 8.96. The monoisotopic (exact) mass is 267 g/mol. The minimum atomic E-state index is -0.0482. The summed E-state index contributed by atoms with van der Waals surface area (Å²) >= 11 is 3.57. The van der Waals surface area contributed by atoms with E-state index in [1.54, 1.807) is 0 Å². The first kappa shape index (κ1) is 11.2. The van der Waals surface area contributed by atoms with Gasteiger partial charge in [0.1, 0.15) is 0 Å². The quantitative estimate of drug-likeness (QED) is 0.864. The molecular weight excluding hydrogens is 250 g/mol. The van der Waals surface area contributed by atoms with Crippen LogP contribution in [0.25, 0.3) is 0 Å². The van der Waals surface area contributed by atoms with Gasteiger partial charge in [-0.3, -0.25) is 0 Å². The molecule has 2 rings (SSSR count). The van der Waals surface area contributed by atoms with Crippen molar-refractivity contribution in [3.8, 4) is 0 Å². The van der Waals surface area contributed by atoms with E-state index in [1.807, 2.05) is 0 Å². The average molecular weight is 268 g/mol. The lowest BCUT2D eigenvalue weighted by Gasteiger charge is -2.39. The molecule has 0 amide bonds. The Labute approximate surface area is 100 Å². The van der Waals surface area contributed by atoms with E-state index in [0.29, 0.717) is 5.92 Å². The molecule has 0 aliphatic heterocycles. The molecule has 1 aliphatic rings. The zero-order chi connectivity index (χ0) is 11.1. The molecule has 1 saturated carbocycles. The molecule has 2 N–H and O–H groups in total. The molecule has 0 radical (unpaired) electrons. The summed E-state index contributed by atoms with van der Waals surface area (Å²) in [6.45, 7) is 4.44. The van der Waals surface area contributed by atoms with Crippen molar-refractivity contribution in [2.24, 2.45) is 5.73 Å². The number of hydrogen-bond donors (Lipinski definition) is 1. The molecule has 0 bridgehead atoms. The molecule has 1 fully saturated rings. The minimum absolute atomic E-state index is 0.0482. The smallest absolute Gasteiger partial charge is 0.0410 e. The van der Waals surface area contributed by atoms with Gasteiger partial charge in [-0.25, -0.2) is 0 Å². The Morgan fingerprint density at radius 2 is 1.93 bits per heavy atom. The molecule has 1 aromatic rings. The lowest BCUT2D eigenvalue weighted by atomic mass is 9.72. The first-order valence-corrected chi connectivity index (χ1v) is 6.40. The van der Waals surface area contributed by atoms with Gasteiger partial charge < -0.3 is 5.73 Å². The molecule has 0 spiro atoms. The molecule has 1 aliphatic carbocycles. The van der Waals surface area contributed by atoms with E-state index in [2.05, 4.69) is 48.0 Å². The van der Waals surface area contributed by atoms with Crippen molar-refractivity contribution in [3.05, 3.63) is 33.8 Å². The highest BCUT2D eigenvalue weighted by Crippen LogP contribution is 2.40. The molecule has 0 atom stereocenters. The Hall–Kier alpha value is -0.340. The number of benzene rings is 1. The van der Waals surface area contributed by atoms with Crippen LogP contribution >= 0.6 is 15.9 Å². The van der Waals surface area contributed by atoms with Gasteiger partial charge in [-0.05, 0) is 48.4 Å². The van der Waals surface area contributed by atoms with Crippen LogP contribution in [0.5, 0.6) is 0 Å². The summed E-state index contributed by atoms with van der Waals surface area (Å²) in [6.07, 6.45) is 3.52. The fourth-order valence-corrected chi connectivity index (χ4v) is 2.59. The van der Waals surface area contributed by atoms with Crippen LogP contribution in [-0.2, 0) is 5.54 Å². The van der Waals surface area contributed by atoms with Gasteiger partial charge in [0.15, 0.2) is 0 Å². The zero-order valence-corrected chi connectivity index (χ0v) is 11.0. The second-order valence-electron chi connectivity index (χ2n) is 4.94. The summed E-state index contributed by atoms with van der Waals surface area (Å²) in [7, 11) is 0. The third-order valence-corrected chi connectivity index (χ3v) is 3.87. The number of halogens is 1. The van der Waals surface area contributed by atoms with Crippen LogP contribution in [0, 0.1) is 0 Å². The lowest BCUT2D eigenvalue weighted by molar-refractivity contribution is 0.253. The van der Waals surface area contributed by atoms with Crippen LogP contribution < -0.4 is 5.73 Å². The van der Waals surface area contributed by atoms with Gasteiger partial charge >= 0.3 is 0 Å². The summed E-state index contributed by atoms with van der Waals surface area (Å²) < 4.78 is 1.15. The Kier molecular flexibility index (Phi) is 2.91. The number of nitrogens with two attached hydrogens (primary N) is 1. The normalized spacial score (nSPS) is 19.0. The largest absolute Gasteiger partial charge is 0.321 e. The highest BCUT2D eigenvalue weighted by Gasteiger charge is 2.34. The minimum Gasteiger partial charge on any atom is -0.321 e. The van der Waals surface area contributed by atoms with Gasteiger partial charge in [-0.1, -0.05) is 35.8 Å². The maximum absolute atomic E-state index is 6.34. The van der Waals surface area contributed by atoms with E-state index in [1.165, 1.54) is 17.5 Å². The molecule has 15 heavy (non-hydrogen) atoms. The fraction of sp³-hybridized carbons (Fsp3) is 0.538. The van der Waals surface area contributed by atoms with Gasteiger partial charge in [-0.15, -0.1) is 0 Å². The van der Waals surface area contributed by atoms with Crippen LogP contribution in [0.3, 0.4) is 0 Å². The van der Waals surface area contributed by atoms with E-state index < -0.39 is 0 Å². The standard InChI is InChI=1S/C13H18BrN/c1-9(2)10-6-11(8-12(14)7-10)13(15)4-3-5-13/h6-9H,3-5,15H2,1-2H3. The average Bonchev–Trinajstić information content (AvgIpc) is 2.13. The Balaban J connectivity index is 2.39. The van der Waals surface area contributed by atoms with E-state index >= 15 is 0 Å². The lowest BCUT2D eigenvalue weighted by Crippen LogP contribution is -2.43. The predicted octanol–water partition coefficient (Wildman–Crippen LogP) is 3.91. The second-order valence-corrected chi connectivity index (χ2v) is 5.85. The fourth-order valence-electron chi connectivity index (χ4n) is 2.08. The number of rotatable bonds is 2. The van der Waals surface area contributed by atoms with Crippen molar-refractivity contribution in [1.82, 2.24) is 0 Å². The maximum Gasteiger partial charge on any atom is 0.0410 e. The van der Waals surface area contributed by atoms with Crippen LogP contribution in [0.4, 0.5) is 0 Å². The van der Waals surface area contributed by atoms with Crippen molar-refractivity contribution in [1.29, 1.82) is 0 Å². The van der Waals surface area contributed by atoms with E-state index in [4.69, 9.17) is 5.73 Å². The zero-order valence-electron chi connectivity index (χ0n) is 9.39. The van der Waals surface area contributed by atoms with E-state index in [9.17, 15) is 0 Å². The molecule has 0 aromatic heterocycles. The van der Waals surface area contributed by atoms with Crippen molar-refractivity contribution in [3.63, 3.8) is 0 Å². The van der Waals surface area contributed by atoms with Gasteiger partial charge in [0.05, 0.1) is 0 Å².